The lowest BCUT2D eigenvalue weighted by Gasteiger charge is -2.38. The molecule has 2 aromatic rings. The predicted molar refractivity (Wildman–Crippen MR) is 94.4 cm³/mol. The minimum Gasteiger partial charge on any atom is -0.383 e. The Bertz CT molecular complexity index is 724. The molecule has 25 heavy (non-hydrogen) atoms. The smallest absolute Gasteiger partial charge is 0.275 e. The highest BCUT2D eigenvalue weighted by Crippen LogP contribution is 2.23. The fourth-order valence-corrected chi connectivity index (χ4v) is 2.99. The second kappa shape index (κ2) is 7.76. The van der Waals surface area contributed by atoms with Gasteiger partial charge in [0.05, 0.1) is 18.8 Å². The highest BCUT2D eigenvalue weighted by atomic mass is 16.5. The number of hydrogen-bond donors (Lipinski definition) is 0. The maximum absolute atomic E-state index is 12.3. The normalized spacial score (nSPS) is 15.2. The van der Waals surface area contributed by atoms with Gasteiger partial charge in [-0.3, -0.25) is 9.69 Å². The molecular formula is C18H25N5O2. The van der Waals surface area contributed by atoms with Crippen LogP contribution in [-0.2, 0) is 11.3 Å². The molecule has 7 heteroatoms. The summed E-state index contributed by atoms with van der Waals surface area (Å²) in [6, 6.07) is 8.86. The minimum absolute atomic E-state index is 0.126. The number of ether oxygens (including phenoxy) is 1. The van der Waals surface area contributed by atoms with Gasteiger partial charge in [-0.2, -0.15) is 0 Å². The van der Waals surface area contributed by atoms with Gasteiger partial charge in [0.1, 0.15) is 0 Å². The SMILES string of the molecule is COCCN(C)C(=O)c1cn(C2CN(Cc3cccc(C)c3)C2)nn1. The first kappa shape index (κ1) is 17.6. The van der Waals surface area contributed by atoms with E-state index >= 15 is 0 Å². The fourth-order valence-electron chi connectivity index (χ4n) is 2.99. The maximum Gasteiger partial charge on any atom is 0.275 e. The number of amides is 1. The van der Waals surface area contributed by atoms with Crippen LogP contribution in [-0.4, -0.2) is 71.1 Å². The van der Waals surface area contributed by atoms with Crippen LogP contribution in [0.25, 0.3) is 0 Å². The molecule has 0 bridgehead atoms. The van der Waals surface area contributed by atoms with Crippen LogP contribution in [0.5, 0.6) is 0 Å². The maximum atomic E-state index is 12.3. The van der Waals surface area contributed by atoms with Crippen LogP contribution >= 0.6 is 0 Å². The molecule has 0 radical (unpaired) electrons. The number of aryl methyl sites for hydroxylation is 1. The molecule has 1 amide bonds. The Balaban J connectivity index is 1.52. The molecule has 0 aliphatic carbocycles. The van der Waals surface area contributed by atoms with E-state index in [-0.39, 0.29) is 11.9 Å². The van der Waals surface area contributed by atoms with Crippen LogP contribution in [0, 0.1) is 6.92 Å². The van der Waals surface area contributed by atoms with Crippen LogP contribution in [0.4, 0.5) is 0 Å². The summed E-state index contributed by atoms with van der Waals surface area (Å²) in [5.74, 6) is -0.126. The number of carbonyl (C=O) groups is 1. The van der Waals surface area contributed by atoms with Crippen molar-refractivity contribution in [2.75, 3.05) is 40.4 Å². The summed E-state index contributed by atoms with van der Waals surface area (Å²) >= 11 is 0. The Morgan fingerprint density at radius 1 is 1.40 bits per heavy atom. The van der Waals surface area contributed by atoms with Crippen LogP contribution in [0.3, 0.4) is 0 Å². The van der Waals surface area contributed by atoms with Gasteiger partial charge in [0.2, 0.25) is 0 Å². The van der Waals surface area contributed by atoms with E-state index in [0.29, 0.717) is 18.8 Å². The average Bonchev–Trinajstić information content (AvgIpc) is 3.04. The van der Waals surface area contributed by atoms with Crippen molar-refractivity contribution >= 4 is 5.91 Å². The minimum atomic E-state index is -0.126. The lowest BCUT2D eigenvalue weighted by atomic mass is 10.1. The second-order valence-electron chi connectivity index (χ2n) is 6.64. The van der Waals surface area contributed by atoms with E-state index in [4.69, 9.17) is 4.74 Å². The highest BCUT2D eigenvalue weighted by Gasteiger charge is 2.30. The monoisotopic (exact) mass is 343 g/mol. The molecular weight excluding hydrogens is 318 g/mol. The van der Waals surface area contributed by atoms with Crippen molar-refractivity contribution in [3.8, 4) is 0 Å². The van der Waals surface area contributed by atoms with Crippen LogP contribution in [0.1, 0.15) is 27.7 Å². The molecule has 1 aliphatic rings. The Morgan fingerprint density at radius 3 is 2.92 bits per heavy atom. The Hall–Kier alpha value is -2.25. The van der Waals surface area contributed by atoms with E-state index in [1.54, 1.807) is 25.3 Å². The number of methoxy groups -OCH3 is 1. The van der Waals surface area contributed by atoms with Crippen molar-refractivity contribution in [3.63, 3.8) is 0 Å². The second-order valence-corrected chi connectivity index (χ2v) is 6.64. The highest BCUT2D eigenvalue weighted by molar-refractivity contribution is 5.91. The van der Waals surface area contributed by atoms with Crippen LogP contribution in [0.2, 0.25) is 0 Å². The molecule has 7 nitrogen and oxygen atoms in total. The molecule has 0 unspecified atom stereocenters. The van der Waals surface area contributed by atoms with Crippen molar-refractivity contribution < 1.29 is 9.53 Å². The summed E-state index contributed by atoms with van der Waals surface area (Å²) in [4.78, 5) is 16.2. The Morgan fingerprint density at radius 2 is 2.20 bits per heavy atom. The summed E-state index contributed by atoms with van der Waals surface area (Å²) in [7, 11) is 3.36. The van der Waals surface area contributed by atoms with Crippen LogP contribution in [0.15, 0.2) is 30.5 Å². The van der Waals surface area contributed by atoms with Crippen molar-refractivity contribution in [1.29, 1.82) is 0 Å². The van der Waals surface area contributed by atoms with E-state index in [2.05, 4.69) is 46.4 Å². The first-order chi connectivity index (χ1) is 12.1. The number of likely N-dealkylation sites (tertiary alicyclic amines) is 1. The average molecular weight is 343 g/mol. The molecule has 3 rings (SSSR count). The van der Waals surface area contributed by atoms with Gasteiger partial charge >= 0.3 is 0 Å². The van der Waals surface area contributed by atoms with E-state index in [1.807, 2.05) is 4.68 Å². The summed E-state index contributed by atoms with van der Waals surface area (Å²) in [6.07, 6.45) is 1.75. The van der Waals surface area contributed by atoms with Crippen molar-refractivity contribution in [2.24, 2.45) is 0 Å². The zero-order valence-corrected chi connectivity index (χ0v) is 15.1. The van der Waals surface area contributed by atoms with E-state index in [9.17, 15) is 4.79 Å². The molecule has 134 valence electrons. The fraction of sp³-hybridized carbons (Fsp3) is 0.500. The third-order valence-electron chi connectivity index (χ3n) is 4.51. The number of hydrogen-bond acceptors (Lipinski definition) is 5. The summed E-state index contributed by atoms with van der Waals surface area (Å²) in [5.41, 5.74) is 3.00. The standard InChI is InChI=1S/C18H25N5O2/c1-14-5-4-6-15(9-14)10-22-11-16(12-22)23-13-17(19-20-23)18(24)21(2)7-8-25-3/h4-6,9,13,16H,7-8,10-12H2,1-3H3. The van der Waals surface area contributed by atoms with Crippen molar-refractivity contribution in [1.82, 2.24) is 24.8 Å². The zero-order valence-electron chi connectivity index (χ0n) is 15.1. The molecule has 0 spiro atoms. The van der Waals surface area contributed by atoms with E-state index < -0.39 is 0 Å². The van der Waals surface area contributed by atoms with Gasteiger partial charge in [-0.05, 0) is 12.5 Å². The largest absolute Gasteiger partial charge is 0.383 e. The molecule has 0 N–H and O–H groups in total. The van der Waals surface area contributed by atoms with Gasteiger partial charge in [0.25, 0.3) is 5.91 Å². The number of aromatic nitrogens is 3. The van der Waals surface area contributed by atoms with Crippen molar-refractivity contribution in [2.45, 2.75) is 19.5 Å². The molecule has 1 aromatic carbocycles. The third-order valence-corrected chi connectivity index (χ3v) is 4.51. The zero-order chi connectivity index (χ0) is 17.8. The van der Waals surface area contributed by atoms with Gasteiger partial charge < -0.3 is 9.64 Å². The van der Waals surface area contributed by atoms with Crippen LogP contribution < -0.4 is 0 Å². The number of likely N-dealkylation sites (N-methyl/N-ethyl adjacent to an activating group) is 1. The van der Waals surface area contributed by atoms with Crippen molar-refractivity contribution in [3.05, 3.63) is 47.3 Å². The predicted octanol–water partition coefficient (Wildman–Crippen LogP) is 1.36. The summed E-state index contributed by atoms with van der Waals surface area (Å²) < 4.78 is 6.81. The Kier molecular flexibility index (Phi) is 5.45. The lowest BCUT2D eigenvalue weighted by Crippen LogP contribution is -2.47. The number of rotatable bonds is 7. The molecule has 2 heterocycles. The third kappa shape index (κ3) is 4.24. The topological polar surface area (TPSA) is 63.5 Å². The van der Waals surface area contributed by atoms with E-state index in [0.717, 1.165) is 19.6 Å². The summed E-state index contributed by atoms with van der Waals surface area (Å²) in [6.45, 7) is 5.94. The van der Waals surface area contributed by atoms with Gasteiger partial charge in [0, 0.05) is 40.3 Å². The van der Waals surface area contributed by atoms with Gasteiger partial charge in [-0.15, -0.1) is 5.10 Å². The molecule has 0 atom stereocenters. The number of benzene rings is 1. The molecule has 1 aromatic heterocycles. The molecule has 0 saturated carbocycles. The van der Waals surface area contributed by atoms with Gasteiger partial charge in [-0.25, -0.2) is 4.68 Å². The summed E-state index contributed by atoms with van der Waals surface area (Å²) in [5, 5.41) is 8.17. The lowest BCUT2D eigenvalue weighted by molar-refractivity contribution is 0.0738. The number of carbonyl (C=O) groups excluding carboxylic acids is 1. The van der Waals surface area contributed by atoms with Gasteiger partial charge in [-0.1, -0.05) is 35.0 Å². The quantitative estimate of drug-likeness (QED) is 0.760. The van der Waals surface area contributed by atoms with E-state index in [1.165, 1.54) is 11.1 Å². The van der Waals surface area contributed by atoms with Gasteiger partial charge in [0.15, 0.2) is 5.69 Å². The molecule has 1 saturated heterocycles. The first-order valence-corrected chi connectivity index (χ1v) is 8.51. The molecule has 1 fully saturated rings. The Labute approximate surface area is 148 Å². The molecule has 1 aliphatic heterocycles. The number of nitrogens with zero attached hydrogens (tertiary/aromatic N) is 5. The first-order valence-electron chi connectivity index (χ1n) is 8.51.